The lowest BCUT2D eigenvalue weighted by Gasteiger charge is -2.34. The lowest BCUT2D eigenvalue weighted by molar-refractivity contribution is -0.142. The predicted molar refractivity (Wildman–Crippen MR) is 77.5 cm³/mol. The zero-order valence-electron chi connectivity index (χ0n) is 11.6. The molecule has 0 aromatic carbocycles. The highest BCUT2D eigenvalue weighted by atomic mass is 32.1. The highest BCUT2D eigenvalue weighted by molar-refractivity contribution is 7.10. The minimum atomic E-state index is -0.391. The first-order valence-electron chi connectivity index (χ1n) is 6.78. The second-order valence-electron chi connectivity index (χ2n) is 5.07. The second kappa shape index (κ2) is 6.85. The third-order valence-electron chi connectivity index (χ3n) is 3.68. The number of nitrogens with two attached hydrogens (primary N) is 1. The Balaban J connectivity index is 2.00. The molecule has 0 saturated carbocycles. The van der Waals surface area contributed by atoms with Crippen molar-refractivity contribution in [1.29, 1.82) is 0 Å². The van der Waals surface area contributed by atoms with Crippen LogP contribution in [0.5, 0.6) is 0 Å². The van der Waals surface area contributed by atoms with Crippen LogP contribution in [0.3, 0.4) is 0 Å². The Morgan fingerprint density at radius 1 is 1.50 bits per heavy atom. The first kappa shape index (κ1) is 15.0. The van der Waals surface area contributed by atoms with Crippen molar-refractivity contribution in [3.63, 3.8) is 0 Å². The fourth-order valence-electron chi connectivity index (χ4n) is 2.57. The van der Waals surface area contributed by atoms with Crippen molar-refractivity contribution in [2.45, 2.75) is 38.3 Å². The quantitative estimate of drug-likeness (QED) is 0.840. The van der Waals surface area contributed by atoms with E-state index in [0.29, 0.717) is 12.0 Å². The van der Waals surface area contributed by atoms with Gasteiger partial charge in [0.25, 0.3) is 0 Å². The van der Waals surface area contributed by atoms with E-state index in [1.165, 1.54) is 18.4 Å². The summed E-state index contributed by atoms with van der Waals surface area (Å²) in [6.45, 7) is 1.74. The largest absolute Gasteiger partial charge is 0.469 e. The van der Waals surface area contributed by atoms with E-state index in [-0.39, 0.29) is 12.0 Å². The maximum atomic E-state index is 11.5. The molecule has 0 spiro atoms. The number of rotatable bonds is 5. The minimum absolute atomic E-state index is 0.161. The molecule has 20 heavy (non-hydrogen) atoms. The highest BCUT2D eigenvalue weighted by Crippen LogP contribution is 2.24. The van der Waals surface area contributed by atoms with Gasteiger partial charge in [-0.15, -0.1) is 11.3 Å². The van der Waals surface area contributed by atoms with Crippen molar-refractivity contribution in [1.82, 2.24) is 4.90 Å². The van der Waals surface area contributed by atoms with Crippen LogP contribution in [0.15, 0.2) is 11.4 Å². The molecule has 1 atom stereocenters. The van der Waals surface area contributed by atoms with E-state index in [1.54, 1.807) is 5.38 Å². The first-order chi connectivity index (χ1) is 9.60. The topological polar surface area (TPSA) is 72.6 Å². The van der Waals surface area contributed by atoms with Crippen molar-refractivity contribution >= 4 is 23.2 Å². The number of amides is 1. The van der Waals surface area contributed by atoms with Gasteiger partial charge < -0.3 is 10.5 Å². The van der Waals surface area contributed by atoms with Crippen LogP contribution in [-0.4, -0.2) is 36.5 Å². The number of thiophene rings is 1. The number of esters is 1. The number of nitrogens with zero attached hydrogens (tertiary/aromatic N) is 1. The number of carbonyl (C=O) groups is 2. The molecular weight excluding hydrogens is 276 g/mol. The number of piperidine rings is 1. The fourth-order valence-corrected chi connectivity index (χ4v) is 3.47. The molecule has 0 unspecified atom stereocenters. The minimum Gasteiger partial charge on any atom is -0.469 e. The van der Waals surface area contributed by atoms with Gasteiger partial charge in [-0.1, -0.05) is 6.42 Å². The zero-order chi connectivity index (χ0) is 14.5. The monoisotopic (exact) mass is 296 g/mol. The van der Waals surface area contributed by atoms with Gasteiger partial charge in [-0.2, -0.15) is 0 Å². The lowest BCUT2D eigenvalue weighted by atomic mass is 9.99. The number of ether oxygens (including phenoxy) is 1. The smallest absolute Gasteiger partial charge is 0.307 e. The third kappa shape index (κ3) is 3.80. The molecule has 1 aliphatic heterocycles. The van der Waals surface area contributed by atoms with Gasteiger partial charge in [-0.3, -0.25) is 14.5 Å². The van der Waals surface area contributed by atoms with Crippen LogP contribution < -0.4 is 5.73 Å². The van der Waals surface area contributed by atoms with Crippen LogP contribution in [0.4, 0.5) is 0 Å². The van der Waals surface area contributed by atoms with E-state index in [0.717, 1.165) is 37.2 Å². The van der Waals surface area contributed by atoms with Crippen molar-refractivity contribution in [2.24, 2.45) is 5.73 Å². The average Bonchev–Trinajstić information content (AvgIpc) is 2.89. The third-order valence-corrected chi connectivity index (χ3v) is 4.60. The van der Waals surface area contributed by atoms with Crippen LogP contribution in [-0.2, 0) is 16.1 Å². The van der Waals surface area contributed by atoms with Crippen LogP contribution in [0, 0.1) is 0 Å². The molecule has 1 aromatic heterocycles. The van der Waals surface area contributed by atoms with E-state index in [1.807, 2.05) is 6.07 Å². The van der Waals surface area contributed by atoms with Crippen LogP contribution in [0.2, 0.25) is 0 Å². The number of hydrogen-bond acceptors (Lipinski definition) is 5. The van der Waals surface area contributed by atoms with E-state index in [9.17, 15) is 9.59 Å². The van der Waals surface area contributed by atoms with E-state index >= 15 is 0 Å². The van der Waals surface area contributed by atoms with E-state index < -0.39 is 5.91 Å². The van der Waals surface area contributed by atoms with E-state index in [4.69, 9.17) is 10.5 Å². The Kier molecular flexibility index (Phi) is 5.14. The highest BCUT2D eigenvalue weighted by Gasteiger charge is 2.25. The Hall–Kier alpha value is -1.40. The van der Waals surface area contributed by atoms with Crippen molar-refractivity contribution in [3.05, 3.63) is 21.9 Å². The van der Waals surface area contributed by atoms with E-state index in [2.05, 4.69) is 4.90 Å². The zero-order valence-corrected chi connectivity index (χ0v) is 12.4. The summed E-state index contributed by atoms with van der Waals surface area (Å²) in [6, 6.07) is 2.08. The molecule has 0 bridgehead atoms. The summed E-state index contributed by atoms with van der Waals surface area (Å²) in [6.07, 6.45) is 3.74. The summed E-state index contributed by atoms with van der Waals surface area (Å²) in [5, 5.41) is 1.79. The molecule has 2 heterocycles. The Morgan fingerprint density at radius 3 is 2.95 bits per heavy atom. The molecule has 1 aliphatic rings. The maximum absolute atomic E-state index is 11.5. The van der Waals surface area contributed by atoms with Gasteiger partial charge in [0.15, 0.2) is 0 Å². The molecule has 6 heteroatoms. The van der Waals surface area contributed by atoms with Gasteiger partial charge in [0, 0.05) is 22.8 Å². The van der Waals surface area contributed by atoms with Crippen molar-refractivity contribution in [3.8, 4) is 0 Å². The maximum Gasteiger partial charge on any atom is 0.307 e. The molecule has 1 fully saturated rings. The number of primary amides is 1. The Morgan fingerprint density at radius 2 is 2.30 bits per heavy atom. The van der Waals surface area contributed by atoms with Gasteiger partial charge >= 0.3 is 5.97 Å². The Bertz CT molecular complexity index is 487. The molecule has 2 N–H and O–H groups in total. The summed E-state index contributed by atoms with van der Waals surface area (Å²) < 4.78 is 4.76. The summed E-state index contributed by atoms with van der Waals surface area (Å²) in [7, 11) is 1.42. The summed E-state index contributed by atoms with van der Waals surface area (Å²) in [4.78, 5) is 26.0. The molecule has 2 rings (SSSR count). The second-order valence-corrected chi connectivity index (χ2v) is 6.06. The van der Waals surface area contributed by atoms with Crippen molar-refractivity contribution in [2.75, 3.05) is 13.7 Å². The molecule has 0 aliphatic carbocycles. The number of methoxy groups -OCH3 is 1. The number of hydrogen-bond donors (Lipinski definition) is 1. The molecule has 1 saturated heterocycles. The Labute approximate surface area is 122 Å². The lowest BCUT2D eigenvalue weighted by Crippen LogP contribution is -2.40. The van der Waals surface area contributed by atoms with Crippen LogP contribution >= 0.6 is 11.3 Å². The molecule has 1 amide bonds. The summed E-state index contributed by atoms with van der Waals surface area (Å²) in [5.41, 5.74) is 5.83. The normalized spacial score (nSPS) is 19.8. The average molecular weight is 296 g/mol. The molecular formula is C14H20N2O3S. The molecule has 110 valence electrons. The fraction of sp³-hybridized carbons (Fsp3) is 0.571. The van der Waals surface area contributed by atoms with Gasteiger partial charge in [0.05, 0.1) is 19.1 Å². The molecule has 0 radical (unpaired) electrons. The SMILES string of the molecule is COC(=O)C[C@@H]1CCCCN1Cc1cc(C(N)=O)cs1. The summed E-state index contributed by atoms with van der Waals surface area (Å²) >= 11 is 1.54. The van der Waals surface area contributed by atoms with Crippen LogP contribution in [0.1, 0.15) is 40.9 Å². The number of carbonyl (C=O) groups excluding carboxylic acids is 2. The summed E-state index contributed by atoms with van der Waals surface area (Å²) in [5.74, 6) is -0.553. The number of likely N-dealkylation sites (tertiary alicyclic amines) is 1. The van der Waals surface area contributed by atoms with Crippen molar-refractivity contribution < 1.29 is 14.3 Å². The standard InChI is InChI=1S/C14H20N2O3S/c1-19-13(17)7-11-4-2-3-5-16(11)8-12-6-10(9-20-12)14(15)18/h6,9,11H,2-5,7-8H2,1H3,(H2,15,18)/t11-/m0/s1. The molecule has 5 nitrogen and oxygen atoms in total. The van der Waals surface area contributed by atoms with Gasteiger partial charge in [-0.25, -0.2) is 0 Å². The van der Waals surface area contributed by atoms with Gasteiger partial charge in [0.1, 0.15) is 0 Å². The van der Waals surface area contributed by atoms with Gasteiger partial charge in [0.2, 0.25) is 5.91 Å². The van der Waals surface area contributed by atoms with Crippen LogP contribution in [0.25, 0.3) is 0 Å². The first-order valence-corrected chi connectivity index (χ1v) is 7.66. The predicted octanol–water partition coefficient (Wildman–Crippen LogP) is 1.76. The van der Waals surface area contributed by atoms with Gasteiger partial charge in [-0.05, 0) is 25.5 Å². The molecule has 1 aromatic rings.